The van der Waals surface area contributed by atoms with Crippen molar-refractivity contribution in [3.8, 4) is 0 Å². The van der Waals surface area contributed by atoms with E-state index in [0.717, 1.165) is 25.7 Å². The van der Waals surface area contributed by atoms with Crippen LogP contribution >= 0.6 is 22.5 Å². The number of ketones is 1. The van der Waals surface area contributed by atoms with E-state index in [1.54, 1.807) is 14.2 Å². The predicted octanol–water partition coefficient (Wildman–Crippen LogP) is 3.52. The smallest absolute Gasteiger partial charge is 0.222 e. The van der Waals surface area contributed by atoms with Gasteiger partial charge in [0.25, 0.3) is 0 Å². The van der Waals surface area contributed by atoms with Crippen LogP contribution in [0.25, 0.3) is 0 Å². The van der Waals surface area contributed by atoms with Crippen molar-refractivity contribution in [1.29, 1.82) is 0 Å². The van der Waals surface area contributed by atoms with Crippen LogP contribution in [0.15, 0.2) is 0 Å². The van der Waals surface area contributed by atoms with Crippen LogP contribution in [0.1, 0.15) is 58.8 Å². The highest BCUT2D eigenvalue weighted by Crippen LogP contribution is 2.32. The van der Waals surface area contributed by atoms with E-state index in [0.29, 0.717) is 32.4 Å². The molecule has 1 heterocycles. The molecule has 0 bridgehead atoms. The number of hydrogen-bond donors (Lipinski definition) is 1. The van der Waals surface area contributed by atoms with Crippen LogP contribution in [0.3, 0.4) is 0 Å². The maximum atomic E-state index is 12.5. The van der Waals surface area contributed by atoms with E-state index in [9.17, 15) is 9.59 Å². The predicted molar refractivity (Wildman–Crippen MR) is 106 cm³/mol. The highest BCUT2D eigenvalue weighted by molar-refractivity contribution is 8.69. The SMILES string of the molecule is COC[C@H]1C[C@H](OC)CN1C(=O)CCCCC(=O)CCC(C)(C)SS. The first kappa shape index (κ1) is 22.8. The molecule has 7 heteroatoms. The minimum Gasteiger partial charge on any atom is -0.383 e. The first-order valence-corrected chi connectivity index (χ1v) is 10.8. The van der Waals surface area contributed by atoms with Crippen molar-refractivity contribution in [3.05, 3.63) is 0 Å². The molecule has 0 aliphatic carbocycles. The number of ether oxygens (including phenoxy) is 2. The van der Waals surface area contributed by atoms with Gasteiger partial charge in [-0.15, -0.1) is 11.7 Å². The third-order valence-corrected chi connectivity index (χ3v) is 6.92. The van der Waals surface area contributed by atoms with Crippen molar-refractivity contribution >= 4 is 34.1 Å². The van der Waals surface area contributed by atoms with Crippen LogP contribution in [-0.4, -0.2) is 60.9 Å². The van der Waals surface area contributed by atoms with Crippen molar-refractivity contribution in [2.45, 2.75) is 75.7 Å². The number of Topliss-reactive ketones (excluding diaryl/α,β-unsaturated/α-hetero) is 1. The number of thiol groups is 1. The first-order valence-electron chi connectivity index (χ1n) is 8.98. The van der Waals surface area contributed by atoms with Gasteiger partial charge in [0, 0.05) is 44.8 Å². The minimum atomic E-state index is 0.0265. The van der Waals surface area contributed by atoms with E-state index >= 15 is 0 Å². The maximum absolute atomic E-state index is 12.5. The third-order valence-electron chi connectivity index (χ3n) is 4.74. The molecule has 0 aromatic heterocycles. The number of carbonyl (C=O) groups is 2. The summed E-state index contributed by atoms with van der Waals surface area (Å²) in [7, 11) is 4.83. The topological polar surface area (TPSA) is 55.8 Å². The van der Waals surface area contributed by atoms with Gasteiger partial charge in [0.1, 0.15) is 5.78 Å². The monoisotopic (exact) mass is 391 g/mol. The zero-order valence-electron chi connectivity index (χ0n) is 16.0. The lowest BCUT2D eigenvalue weighted by Crippen LogP contribution is -2.38. The number of hydrogen-bond acceptors (Lipinski definition) is 6. The normalized spacial score (nSPS) is 20.9. The van der Waals surface area contributed by atoms with Gasteiger partial charge in [-0.2, -0.15) is 0 Å². The van der Waals surface area contributed by atoms with Gasteiger partial charge in [-0.1, -0.05) is 10.8 Å². The fourth-order valence-corrected chi connectivity index (χ4v) is 3.52. The number of amides is 1. The van der Waals surface area contributed by atoms with Crippen LogP contribution in [0.2, 0.25) is 0 Å². The molecule has 0 N–H and O–H groups in total. The molecule has 1 fully saturated rings. The molecule has 5 nitrogen and oxygen atoms in total. The molecule has 1 saturated heterocycles. The molecule has 1 amide bonds. The fourth-order valence-electron chi connectivity index (χ4n) is 3.05. The Morgan fingerprint density at radius 1 is 1.20 bits per heavy atom. The molecule has 1 rings (SSSR count). The lowest BCUT2D eigenvalue weighted by molar-refractivity contribution is -0.133. The molecular weight excluding hydrogens is 358 g/mol. The summed E-state index contributed by atoms with van der Waals surface area (Å²) in [5.74, 6) is 0.419. The number of likely N-dealkylation sites (tertiary alicyclic amines) is 1. The molecule has 0 aromatic rings. The van der Waals surface area contributed by atoms with E-state index in [1.807, 2.05) is 4.90 Å². The summed E-state index contributed by atoms with van der Waals surface area (Å²) in [5, 5.41) is 0. The number of nitrogens with zero attached hydrogens (tertiary/aromatic N) is 1. The lowest BCUT2D eigenvalue weighted by atomic mass is 10.0. The number of unbranched alkanes of at least 4 members (excludes halogenated alkanes) is 1. The molecule has 0 spiro atoms. The summed E-state index contributed by atoms with van der Waals surface area (Å²) < 4.78 is 10.6. The number of methoxy groups -OCH3 is 2. The summed E-state index contributed by atoms with van der Waals surface area (Å²) in [6, 6.07) is 0.102. The Balaban J connectivity index is 2.26. The van der Waals surface area contributed by atoms with Gasteiger partial charge >= 0.3 is 0 Å². The van der Waals surface area contributed by atoms with Crippen molar-refractivity contribution < 1.29 is 19.1 Å². The van der Waals surface area contributed by atoms with E-state index in [4.69, 9.17) is 9.47 Å². The molecule has 2 atom stereocenters. The Morgan fingerprint density at radius 2 is 1.88 bits per heavy atom. The average Bonchev–Trinajstić information content (AvgIpc) is 3.00. The molecule has 146 valence electrons. The van der Waals surface area contributed by atoms with Gasteiger partial charge in [-0.3, -0.25) is 9.59 Å². The van der Waals surface area contributed by atoms with Gasteiger partial charge < -0.3 is 14.4 Å². The molecule has 1 aliphatic rings. The zero-order valence-corrected chi connectivity index (χ0v) is 17.7. The van der Waals surface area contributed by atoms with Crippen LogP contribution in [0, 0.1) is 0 Å². The summed E-state index contributed by atoms with van der Waals surface area (Å²) in [5.41, 5.74) is 0. The van der Waals surface area contributed by atoms with Crippen molar-refractivity contribution in [3.63, 3.8) is 0 Å². The van der Waals surface area contributed by atoms with Crippen molar-refractivity contribution in [2.24, 2.45) is 0 Å². The third kappa shape index (κ3) is 8.33. The molecular formula is C18H33NO4S2. The van der Waals surface area contributed by atoms with E-state index in [-0.39, 0.29) is 28.6 Å². The molecule has 0 unspecified atom stereocenters. The fraction of sp³-hybridized carbons (Fsp3) is 0.889. The quantitative estimate of drug-likeness (QED) is 0.313. The van der Waals surface area contributed by atoms with Crippen LogP contribution < -0.4 is 0 Å². The second-order valence-electron chi connectivity index (χ2n) is 7.35. The Hall–Kier alpha value is -0.240. The second-order valence-corrected chi connectivity index (χ2v) is 9.18. The van der Waals surface area contributed by atoms with Crippen LogP contribution in [0.4, 0.5) is 0 Å². The van der Waals surface area contributed by atoms with Gasteiger partial charge in [0.05, 0.1) is 18.8 Å². The molecule has 25 heavy (non-hydrogen) atoms. The summed E-state index contributed by atoms with van der Waals surface area (Å²) >= 11 is 4.24. The van der Waals surface area contributed by atoms with E-state index in [1.165, 1.54) is 10.8 Å². The zero-order chi connectivity index (χ0) is 18.9. The van der Waals surface area contributed by atoms with Crippen molar-refractivity contribution in [2.75, 3.05) is 27.4 Å². The Labute approximate surface area is 161 Å². The highest BCUT2D eigenvalue weighted by atomic mass is 33.1. The summed E-state index contributed by atoms with van der Waals surface area (Å²) in [6.07, 6.45) is 4.92. The Kier molecular flexibility index (Phi) is 10.5. The Morgan fingerprint density at radius 3 is 2.48 bits per heavy atom. The van der Waals surface area contributed by atoms with Gasteiger partial charge in [0.15, 0.2) is 0 Å². The van der Waals surface area contributed by atoms with Crippen LogP contribution in [-0.2, 0) is 19.1 Å². The molecule has 0 saturated carbocycles. The molecule has 1 aliphatic heterocycles. The van der Waals surface area contributed by atoms with Gasteiger partial charge in [-0.05, 0) is 39.5 Å². The lowest BCUT2D eigenvalue weighted by Gasteiger charge is -2.23. The maximum Gasteiger partial charge on any atom is 0.222 e. The highest BCUT2D eigenvalue weighted by Gasteiger charge is 2.34. The second kappa shape index (κ2) is 11.5. The van der Waals surface area contributed by atoms with Crippen LogP contribution in [0.5, 0.6) is 0 Å². The number of rotatable bonds is 12. The summed E-state index contributed by atoms with van der Waals surface area (Å²) in [6.45, 7) is 5.37. The minimum absolute atomic E-state index is 0.0265. The van der Waals surface area contributed by atoms with Crippen molar-refractivity contribution in [1.82, 2.24) is 4.90 Å². The molecule has 0 radical (unpaired) electrons. The van der Waals surface area contributed by atoms with E-state index in [2.05, 4.69) is 25.5 Å². The summed E-state index contributed by atoms with van der Waals surface area (Å²) in [4.78, 5) is 26.3. The largest absolute Gasteiger partial charge is 0.383 e. The van der Waals surface area contributed by atoms with Gasteiger partial charge in [0.2, 0.25) is 5.91 Å². The van der Waals surface area contributed by atoms with E-state index < -0.39 is 0 Å². The average molecular weight is 392 g/mol. The number of carbonyl (C=O) groups excluding carboxylic acids is 2. The first-order chi connectivity index (χ1) is 11.8. The Bertz CT molecular complexity index is 431. The molecule has 0 aromatic carbocycles. The van der Waals surface area contributed by atoms with Gasteiger partial charge in [-0.25, -0.2) is 0 Å². The standard InChI is InChI=1S/C18H33NO4S2/c1-18(2,25-24)10-9-15(20)7-5-6-8-17(21)19-12-16(23-4)11-14(19)13-22-3/h14,16,24H,5-13H2,1-4H3/t14-,16+/m1/s1.